The van der Waals surface area contributed by atoms with Crippen molar-refractivity contribution in [2.45, 2.75) is 13.8 Å². The number of rotatable bonds is 2. The third-order valence-corrected chi connectivity index (χ3v) is 3.57. The van der Waals surface area contributed by atoms with Gasteiger partial charge in [-0.05, 0) is 38.1 Å². The summed E-state index contributed by atoms with van der Waals surface area (Å²) in [4.78, 5) is 37.8. The summed E-state index contributed by atoms with van der Waals surface area (Å²) >= 11 is 0. The molecule has 0 bridgehead atoms. The Morgan fingerprint density at radius 1 is 0.952 bits per heavy atom. The molecule has 104 valence electrons. The van der Waals surface area contributed by atoms with E-state index >= 15 is 0 Å². The summed E-state index contributed by atoms with van der Waals surface area (Å²) < 4.78 is 0. The average molecular weight is 279 g/mol. The zero-order chi connectivity index (χ0) is 15.1. The Hall–Kier alpha value is -2.75. The zero-order valence-corrected chi connectivity index (χ0v) is 11.7. The maximum atomic E-state index is 12.5. The van der Waals surface area contributed by atoms with E-state index in [1.165, 1.54) is 6.92 Å². The molecule has 1 heterocycles. The summed E-state index contributed by atoms with van der Waals surface area (Å²) in [6, 6.07) is 11.8. The van der Waals surface area contributed by atoms with Crippen LogP contribution in [0.4, 0.5) is 5.69 Å². The number of hydrogen-bond donors (Lipinski definition) is 0. The second-order valence-electron chi connectivity index (χ2n) is 5.07. The van der Waals surface area contributed by atoms with E-state index in [0.717, 1.165) is 10.5 Å². The van der Waals surface area contributed by atoms with Crippen LogP contribution in [0, 0.1) is 6.92 Å². The summed E-state index contributed by atoms with van der Waals surface area (Å²) in [6.07, 6.45) is 0. The van der Waals surface area contributed by atoms with E-state index in [4.69, 9.17) is 0 Å². The van der Waals surface area contributed by atoms with Gasteiger partial charge in [0, 0.05) is 5.56 Å². The smallest absolute Gasteiger partial charge is 0.266 e. The van der Waals surface area contributed by atoms with E-state index in [9.17, 15) is 14.4 Å². The second kappa shape index (κ2) is 4.66. The highest BCUT2D eigenvalue weighted by Gasteiger charge is 2.37. The van der Waals surface area contributed by atoms with Crippen molar-refractivity contribution >= 4 is 23.3 Å². The van der Waals surface area contributed by atoms with Crippen LogP contribution in [0.5, 0.6) is 0 Å². The maximum absolute atomic E-state index is 12.5. The number of nitrogens with zero attached hydrogens (tertiary/aromatic N) is 1. The number of para-hydroxylation sites is 1. The number of imide groups is 1. The highest BCUT2D eigenvalue weighted by molar-refractivity contribution is 6.35. The number of Topliss-reactive ketones (excluding diaryl/α,β-unsaturated/α-hetero) is 1. The van der Waals surface area contributed by atoms with Gasteiger partial charge >= 0.3 is 0 Å². The fraction of sp³-hybridized carbons (Fsp3) is 0.118. The standard InChI is InChI=1S/C17H13NO3/c1-10-7-8-13-14(9-10)17(21)18(16(13)20)15-6-4-3-5-12(15)11(2)19/h3-9H,1-2H3. The van der Waals surface area contributed by atoms with Crippen molar-refractivity contribution in [3.63, 3.8) is 0 Å². The van der Waals surface area contributed by atoms with Crippen LogP contribution in [0.1, 0.15) is 43.6 Å². The third kappa shape index (κ3) is 1.96. The fourth-order valence-corrected chi connectivity index (χ4v) is 2.54. The molecule has 0 aromatic heterocycles. The first-order chi connectivity index (χ1) is 10.0. The molecule has 2 aromatic rings. The molecule has 0 aliphatic carbocycles. The van der Waals surface area contributed by atoms with E-state index < -0.39 is 0 Å². The minimum Gasteiger partial charge on any atom is -0.294 e. The average Bonchev–Trinajstić information content (AvgIpc) is 2.70. The largest absolute Gasteiger partial charge is 0.294 e. The Morgan fingerprint density at radius 2 is 1.62 bits per heavy atom. The van der Waals surface area contributed by atoms with Crippen molar-refractivity contribution in [2.24, 2.45) is 0 Å². The van der Waals surface area contributed by atoms with Crippen LogP contribution < -0.4 is 4.90 Å². The molecule has 0 atom stereocenters. The molecule has 0 radical (unpaired) electrons. The van der Waals surface area contributed by atoms with Crippen molar-refractivity contribution in [2.75, 3.05) is 4.90 Å². The molecule has 21 heavy (non-hydrogen) atoms. The van der Waals surface area contributed by atoms with Crippen LogP contribution in [0.2, 0.25) is 0 Å². The summed E-state index contributed by atoms with van der Waals surface area (Å²) in [6.45, 7) is 3.28. The first-order valence-electron chi connectivity index (χ1n) is 6.60. The maximum Gasteiger partial charge on any atom is 0.266 e. The molecule has 0 spiro atoms. The van der Waals surface area contributed by atoms with Gasteiger partial charge in [0.15, 0.2) is 5.78 Å². The van der Waals surface area contributed by atoms with Crippen molar-refractivity contribution in [3.05, 3.63) is 64.7 Å². The lowest BCUT2D eigenvalue weighted by Gasteiger charge is -2.16. The topological polar surface area (TPSA) is 54.5 Å². The Kier molecular flexibility index (Phi) is 2.94. The van der Waals surface area contributed by atoms with Crippen molar-refractivity contribution in [1.82, 2.24) is 0 Å². The minimum absolute atomic E-state index is 0.182. The van der Waals surface area contributed by atoms with Crippen LogP contribution in [0.3, 0.4) is 0 Å². The predicted molar refractivity (Wildman–Crippen MR) is 78.8 cm³/mol. The molecular formula is C17H13NO3. The number of anilines is 1. The molecule has 4 heteroatoms. The van der Waals surface area contributed by atoms with Gasteiger partial charge in [0.2, 0.25) is 0 Å². The minimum atomic E-state index is -0.385. The van der Waals surface area contributed by atoms with E-state index in [1.807, 2.05) is 6.92 Å². The normalized spacial score (nSPS) is 13.5. The molecule has 2 amide bonds. The lowest BCUT2D eigenvalue weighted by Crippen LogP contribution is -2.30. The van der Waals surface area contributed by atoms with E-state index in [-0.39, 0.29) is 17.6 Å². The van der Waals surface area contributed by atoms with E-state index in [1.54, 1.807) is 42.5 Å². The number of ketones is 1. The van der Waals surface area contributed by atoms with Crippen LogP contribution in [0.25, 0.3) is 0 Å². The number of carbonyl (C=O) groups excluding carboxylic acids is 3. The monoisotopic (exact) mass is 279 g/mol. The van der Waals surface area contributed by atoms with Crippen LogP contribution >= 0.6 is 0 Å². The molecular weight excluding hydrogens is 266 g/mol. The molecule has 3 rings (SSSR count). The molecule has 0 saturated heterocycles. The van der Waals surface area contributed by atoms with Gasteiger partial charge in [-0.15, -0.1) is 0 Å². The van der Waals surface area contributed by atoms with Gasteiger partial charge in [-0.3, -0.25) is 14.4 Å². The molecule has 0 saturated carbocycles. The molecule has 0 fully saturated rings. The molecule has 2 aromatic carbocycles. The lowest BCUT2D eigenvalue weighted by atomic mass is 10.1. The van der Waals surface area contributed by atoms with E-state index in [2.05, 4.69) is 0 Å². The first-order valence-corrected chi connectivity index (χ1v) is 6.60. The van der Waals surface area contributed by atoms with Crippen molar-refractivity contribution in [3.8, 4) is 0 Å². The molecule has 4 nitrogen and oxygen atoms in total. The Labute approximate surface area is 122 Å². The molecule has 1 aliphatic heterocycles. The van der Waals surface area contributed by atoms with Gasteiger partial charge in [-0.1, -0.05) is 23.8 Å². The first kappa shape index (κ1) is 13.2. The van der Waals surface area contributed by atoms with Crippen LogP contribution in [-0.2, 0) is 0 Å². The molecule has 0 N–H and O–H groups in total. The highest BCUT2D eigenvalue weighted by Crippen LogP contribution is 2.31. The second-order valence-corrected chi connectivity index (χ2v) is 5.07. The molecule has 0 unspecified atom stereocenters. The SMILES string of the molecule is CC(=O)c1ccccc1N1C(=O)c2ccc(C)cc2C1=O. The van der Waals surface area contributed by atoms with Crippen LogP contribution in [-0.4, -0.2) is 17.6 Å². The highest BCUT2D eigenvalue weighted by atomic mass is 16.2. The van der Waals surface area contributed by atoms with Gasteiger partial charge in [-0.2, -0.15) is 0 Å². The van der Waals surface area contributed by atoms with Crippen molar-refractivity contribution in [1.29, 1.82) is 0 Å². The summed E-state index contributed by atoms with van der Waals surface area (Å²) in [5.74, 6) is -0.950. The molecule has 1 aliphatic rings. The fourth-order valence-electron chi connectivity index (χ4n) is 2.54. The number of carbonyl (C=O) groups is 3. The van der Waals surface area contributed by atoms with Gasteiger partial charge in [0.25, 0.3) is 11.8 Å². The number of fused-ring (bicyclic) bond motifs is 1. The van der Waals surface area contributed by atoms with E-state index in [0.29, 0.717) is 22.4 Å². The number of aryl methyl sites for hydroxylation is 1. The van der Waals surface area contributed by atoms with Gasteiger partial charge < -0.3 is 0 Å². The zero-order valence-electron chi connectivity index (χ0n) is 11.7. The Balaban J connectivity index is 2.17. The number of hydrogen-bond acceptors (Lipinski definition) is 3. The third-order valence-electron chi connectivity index (χ3n) is 3.57. The van der Waals surface area contributed by atoms with Gasteiger partial charge in [0.1, 0.15) is 0 Å². The predicted octanol–water partition coefficient (Wildman–Crippen LogP) is 3.00. The van der Waals surface area contributed by atoms with Gasteiger partial charge in [-0.25, -0.2) is 4.90 Å². The summed E-state index contributed by atoms with van der Waals surface area (Å²) in [5.41, 5.74) is 2.39. The van der Waals surface area contributed by atoms with Crippen molar-refractivity contribution < 1.29 is 14.4 Å². The lowest BCUT2D eigenvalue weighted by molar-refractivity contribution is 0.0926. The van der Waals surface area contributed by atoms with Gasteiger partial charge in [0.05, 0.1) is 16.8 Å². The Bertz CT molecular complexity index is 792. The Morgan fingerprint density at radius 3 is 2.33 bits per heavy atom. The summed E-state index contributed by atoms with van der Waals surface area (Å²) in [5, 5.41) is 0. The number of benzene rings is 2. The summed E-state index contributed by atoms with van der Waals surface area (Å²) in [7, 11) is 0. The number of amides is 2. The van der Waals surface area contributed by atoms with Crippen LogP contribution in [0.15, 0.2) is 42.5 Å². The quantitative estimate of drug-likeness (QED) is 0.627.